The van der Waals surface area contributed by atoms with E-state index >= 15 is 0 Å². The molecule has 0 bridgehead atoms. The van der Waals surface area contributed by atoms with Crippen molar-refractivity contribution in [2.24, 2.45) is 0 Å². The molecule has 0 aromatic heterocycles. The molecule has 0 fully saturated rings. The Bertz CT molecular complexity index is 358. The summed E-state index contributed by atoms with van der Waals surface area (Å²) >= 11 is 0. The van der Waals surface area contributed by atoms with E-state index in [1.807, 2.05) is 32.9 Å². The van der Waals surface area contributed by atoms with Crippen LogP contribution in [0.5, 0.6) is 0 Å². The summed E-state index contributed by atoms with van der Waals surface area (Å²) in [6.07, 6.45) is 3.68. The highest BCUT2D eigenvalue weighted by Crippen LogP contribution is 2.22. The fourth-order valence-electron chi connectivity index (χ4n) is 1.87. The van der Waals surface area contributed by atoms with Gasteiger partial charge < -0.3 is 5.32 Å². The number of anilines is 1. The Morgan fingerprint density at radius 3 is 2.33 bits per heavy atom. The van der Waals surface area contributed by atoms with Crippen LogP contribution in [0.25, 0.3) is 0 Å². The van der Waals surface area contributed by atoms with E-state index in [9.17, 15) is 4.79 Å². The van der Waals surface area contributed by atoms with Gasteiger partial charge in [-0.1, -0.05) is 53.2 Å². The molecule has 0 radical (unpaired) electrons. The van der Waals surface area contributed by atoms with E-state index in [2.05, 4.69) is 25.2 Å². The summed E-state index contributed by atoms with van der Waals surface area (Å²) in [5.74, 6) is 0.0885. The van der Waals surface area contributed by atoms with Crippen LogP contribution < -0.4 is 5.32 Å². The lowest BCUT2D eigenvalue weighted by atomic mass is 9.99. The Morgan fingerprint density at radius 2 is 1.83 bits per heavy atom. The second kappa shape index (κ2) is 9.69. The minimum Gasteiger partial charge on any atom is -0.326 e. The fourth-order valence-corrected chi connectivity index (χ4v) is 1.87. The van der Waals surface area contributed by atoms with Gasteiger partial charge in [-0.25, -0.2) is 0 Å². The molecule has 2 heteroatoms. The number of hydrogen-bond donors (Lipinski definition) is 1. The molecule has 1 aromatic rings. The molecule has 0 aliphatic rings. The van der Waals surface area contributed by atoms with Crippen molar-refractivity contribution in [2.45, 2.75) is 60.3 Å². The number of nitrogens with one attached hydrogen (secondary N) is 1. The van der Waals surface area contributed by atoms with E-state index in [1.165, 1.54) is 11.1 Å². The third-order valence-electron chi connectivity index (χ3n) is 2.75. The van der Waals surface area contributed by atoms with Crippen molar-refractivity contribution < 1.29 is 4.79 Å². The largest absolute Gasteiger partial charge is 0.326 e. The summed E-state index contributed by atoms with van der Waals surface area (Å²) in [7, 11) is 0. The number of amides is 1. The Balaban J connectivity index is 0.00000137. The van der Waals surface area contributed by atoms with Crippen LogP contribution in [-0.2, 0) is 17.6 Å². The smallest absolute Gasteiger partial charge is 0.224 e. The van der Waals surface area contributed by atoms with Crippen LogP contribution in [0.15, 0.2) is 18.2 Å². The summed E-state index contributed by atoms with van der Waals surface area (Å²) in [5, 5.41) is 2.98. The topological polar surface area (TPSA) is 29.1 Å². The molecule has 0 unspecified atom stereocenters. The predicted molar refractivity (Wildman–Crippen MR) is 80.1 cm³/mol. The van der Waals surface area contributed by atoms with Crippen molar-refractivity contribution in [1.29, 1.82) is 0 Å². The molecule has 2 nitrogen and oxygen atoms in total. The first-order valence-electron chi connectivity index (χ1n) is 7.13. The van der Waals surface area contributed by atoms with Gasteiger partial charge in [0.25, 0.3) is 0 Å². The zero-order chi connectivity index (χ0) is 14.0. The van der Waals surface area contributed by atoms with E-state index in [0.29, 0.717) is 6.42 Å². The quantitative estimate of drug-likeness (QED) is 0.813. The number of aryl methyl sites for hydroxylation is 1. The molecule has 1 aromatic carbocycles. The van der Waals surface area contributed by atoms with E-state index in [4.69, 9.17) is 0 Å². The van der Waals surface area contributed by atoms with Gasteiger partial charge in [0.15, 0.2) is 0 Å². The number of hydrogen-bond acceptors (Lipinski definition) is 1. The van der Waals surface area contributed by atoms with Crippen molar-refractivity contribution >= 4 is 11.6 Å². The van der Waals surface area contributed by atoms with Gasteiger partial charge in [0.1, 0.15) is 0 Å². The molecular weight excluding hydrogens is 222 g/mol. The highest BCUT2D eigenvalue weighted by Gasteiger charge is 2.08. The van der Waals surface area contributed by atoms with Crippen LogP contribution in [0.1, 0.15) is 58.6 Å². The van der Waals surface area contributed by atoms with E-state index < -0.39 is 0 Å². The van der Waals surface area contributed by atoms with Gasteiger partial charge in [0.05, 0.1) is 0 Å². The van der Waals surface area contributed by atoms with Crippen LogP contribution in [0.3, 0.4) is 0 Å². The van der Waals surface area contributed by atoms with Gasteiger partial charge in [-0.3, -0.25) is 4.79 Å². The van der Waals surface area contributed by atoms with E-state index in [-0.39, 0.29) is 5.91 Å². The zero-order valence-electron chi connectivity index (χ0n) is 12.5. The Hall–Kier alpha value is -1.31. The molecule has 1 N–H and O–H groups in total. The predicted octanol–water partition coefficient (Wildman–Crippen LogP) is 4.58. The molecule has 1 rings (SSSR count). The lowest BCUT2D eigenvalue weighted by Crippen LogP contribution is -2.12. The van der Waals surface area contributed by atoms with Gasteiger partial charge in [0.2, 0.25) is 5.91 Å². The van der Waals surface area contributed by atoms with Gasteiger partial charge in [0, 0.05) is 12.1 Å². The third kappa shape index (κ3) is 4.91. The van der Waals surface area contributed by atoms with Crippen LogP contribution >= 0.6 is 0 Å². The molecule has 0 saturated carbocycles. The molecule has 0 atom stereocenters. The molecule has 18 heavy (non-hydrogen) atoms. The first-order valence-corrected chi connectivity index (χ1v) is 7.13. The summed E-state index contributed by atoms with van der Waals surface area (Å²) < 4.78 is 0. The number of carbonyl (C=O) groups excluding carboxylic acids is 1. The van der Waals surface area contributed by atoms with Crippen LogP contribution in [0.4, 0.5) is 5.69 Å². The number of benzene rings is 1. The monoisotopic (exact) mass is 249 g/mol. The first-order chi connectivity index (χ1) is 8.72. The standard InChI is InChI=1S/C14H21NO.C2H6/c1-4-8-12-11(5-2)9-7-10-13(12)15-14(16)6-3;1-2/h7,9-10H,4-6,8H2,1-3H3,(H,15,16);1-2H3. The summed E-state index contributed by atoms with van der Waals surface area (Å²) in [6, 6.07) is 6.16. The lowest BCUT2D eigenvalue weighted by molar-refractivity contribution is -0.115. The normalized spacial score (nSPS) is 9.39. The number of rotatable bonds is 5. The highest BCUT2D eigenvalue weighted by atomic mass is 16.1. The van der Waals surface area contributed by atoms with Gasteiger partial charge in [-0.2, -0.15) is 0 Å². The van der Waals surface area contributed by atoms with Gasteiger partial charge >= 0.3 is 0 Å². The highest BCUT2D eigenvalue weighted by molar-refractivity contribution is 5.91. The second-order valence-electron chi connectivity index (χ2n) is 3.95. The molecule has 0 heterocycles. The Morgan fingerprint density at radius 1 is 1.17 bits per heavy atom. The molecule has 102 valence electrons. The van der Waals surface area contributed by atoms with Crippen molar-refractivity contribution in [1.82, 2.24) is 0 Å². The summed E-state index contributed by atoms with van der Waals surface area (Å²) in [5.41, 5.74) is 3.64. The van der Waals surface area contributed by atoms with Crippen LogP contribution in [0.2, 0.25) is 0 Å². The maximum Gasteiger partial charge on any atom is 0.224 e. The van der Waals surface area contributed by atoms with Crippen molar-refractivity contribution in [3.8, 4) is 0 Å². The number of carbonyl (C=O) groups is 1. The summed E-state index contributed by atoms with van der Waals surface area (Å²) in [4.78, 5) is 11.4. The van der Waals surface area contributed by atoms with E-state index in [1.54, 1.807) is 0 Å². The minimum atomic E-state index is 0.0885. The van der Waals surface area contributed by atoms with Crippen molar-refractivity contribution in [3.63, 3.8) is 0 Å². The fraction of sp³-hybridized carbons (Fsp3) is 0.562. The van der Waals surface area contributed by atoms with Gasteiger partial charge in [-0.05, 0) is 30.0 Å². The van der Waals surface area contributed by atoms with Crippen molar-refractivity contribution in [3.05, 3.63) is 29.3 Å². The average Bonchev–Trinajstić information content (AvgIpc) is 2.43. The Kier molecular flexibility index (Phi) is 8.99. The zero-order valence-corrected chi connectivity index (χ0v) is 12.5. The minimum absolute atomic E-state index is 0.0885. The summed E-state index contributed by atoms with van der Waals surface area (Å²) in [6.45, 7) is 10.2. The molecular formula is C16H27NO. The molecule has 0 aliphatic heterocycles. The molecule has 1 amide bonds. The van der Waals surface area contributed by atoms with Crippen LogP contribution in [0, 0.1) is 0 Å². The Labute approximate surface area is 112 Å². The maximum absolute atomic E-state index is 11.4. The second-order valence-corrected chi connectivity index (χ2v) is 3.95. The molecule has 0 aliphatic carbocycles. The average molecular weight is 249 g/mol. The SMILES string of the molecule is CC.CCCc1c(CC)cccc1NC(=O)CC. The van der Waals surface area contributed by atoms with Gasteiger partial charge in [-0.15, -0.1) is 0 Å². The van der Waals surface area contributed by atoms with E-state index in [0.717, 1.165) is 24.9 Å². The first kappa shape index (κ1) is 16.7. The maximum atomic E-state index is 11.4. The lowest BCUT2D eigenvalue weighted by Gasteiger charge is -2.14. The van der Waals surface area contributed by atoms with Crippen molar-refractivity contribution in [2.75, 3.05) is 5.32 Å². The molecule has 0 spiro atoms. The van der Waals surface area contributed by atoms with Crippen LogP contribution in [-0.4, -0.2) is 5.91 Å². The third-order valence-corrected chi connectivity index (χ3v) is 2.75. The molecule has 0 saturated heterocycles.